The number of aromatic amines is 1. The van der Waals surface area contributed by atoms with Crippen LogP contribution in [0.4, 0.5) is 10.1 Å². The maximum atomic E-state index is 13.8. The number of imide groups is 1. The lowest BCUT2D eigenvalue weighted by molar-refractivity contribution is -0.122. The lowest BCUT2D eigenvalue weighted by Gasteiger charge is -2.17. The second-order valence-electron chi connectivity index (χ2n) is 8.47. The predicted molar refractivity (Wildman–Crippen MR) is 123 cm³/mol. The minimum absolute atomic E-state index is 0.316. The highest BCUT2D eigenvalue weighted by Crippen LogP contribution is 2.39. The lowest BCUT2D eigenvalue weighted by atomic mass is 9.95. The largest absolute Gasteiger partial charge is 0.371 e. The van der Waals surface area contributed by atoms with Crippen molar-refractivity contribution in [1.29, 1.82) is 0 Å². The monoisotopic (exact) mass is 428 g/mol. The van der Waals surface area contributed by atoms with Crippen molar-refractivity contribution in [1.82, 2.24) is 14.9 Å². The minimum atomic E-state index is -0.440. The van der Waals surface area contributed by atoms with E-state index in [0.717, 1.165) is 35.1 Å². The number of benzene rings is 2. The molecule has 1 saturated heterocycles. The molecule has 0 radical (unpaired) electrons. The van der Waals surface area contributed by atoms with Gasteiger partial charge in [-0.25, -0.2) is 4.39 Å². The van der Waals surface area contributed by atoms with Crippen molar-refractivity contribution in [2.45, 2.75) is 12.8 Å². The molecule has 0 spiro atoms. The van der Waals surface area contributed by atoms with Gasteiger partial charge in [0.25, 0.3) is 11.8 Å². The first-order valence-electron chi connectivity index (χ1n) is 10.7. The summed E-state index contributed by atoms with van der Waals surface area (Å²) in [5.41, 5.74) is 4.69. The maximum Gasteiger partial charge on any atom is 0.259 e. The molecule has 1 fully saturated rings. The Balaban J connectivity index is 1.55. The van der Waals surface area contributed by atoms with E-state index in [9.17, 15) is 14.0 Å². The summed E-state index contributed by atoms with van der Waals surface area (Å²) in [5.74, 6) is -1.21. The topological polar surface area (TPSA) is 70.1 Å². The third-order valence-corrected chi connectivity index (χ3v) is 6.56. The Morgan fingerprint density at radius 1 is 0.906 bits per heavy atom. The van der Waals surface area contributed by atoms with Gasteiger partial charge in [0.15, 0.2) is 0 Å². The summed E-state index contributed by atoms with van der Waals surface area (Å²) < 4.78 is 15.6. The number of carbonyl (C=O) groups is 2. The molecule has 2 aromatic carbocycles. The summed E-state index contributed by atoms with van der Waals surface area (Å²) in [4.78, 5) is 31.4. The fraction of sp³-hybridized carbons (Fsp3) is 0.200. The molecule has 2 amide bonds. The van der Waals surface area contributed by atoms with Crippen LogP contribution in [0.25, 0.3) is 33.0 Å². The Labute approximate surface area is 183 Å². The first-order chi connectivity index (χ1) is 15.5. The number of H-pyrrole nitrogens is 1. The second kappa shape index (κ2) is 6.82. The fourth-order valence-electron chi connectivity index (χ4n) is 5.02. The Morgan fingerprint density at radius 3 is 2.41 bits per heavy atom. The third-order valence-electron chi connectivity index (χ3n) is 6.56. The number of nitrogens with one attached hydrogen (secondary N) is 2. The van der Waals surface area contributed by atoms with Gasteiger partial charge in [-0.05, 0) is 43.2 Å². The van der Waals surface area contributed by atoms with Crippen LogP contribution in [0.1, 0.15) is 24.0 Å². The van der Waals surface area contributed by atoms with Crippen molar-refractivity contribution in [3.8, 4) is 0 Å². The highest BCUT2D eigenvalue weighted by molar-refractivity contribution is 6.50. The molecule has 0 unspecified atom stereocenters. The standard InChI is InChI=1S/C25H21FN4O2/c1-29-13-19(17-6-4-14(26)10-21(17)29)23-22(24(31)28-25(23)32)18-12-27-20-11-15(5-7-16(18)20)30-8-2-3-9-30/h4-7,10-13,27H,2-3,8-9H2,1H3,(H,28,31,32). The Kier molecular flexibility index (Phi) is 4.02. The number of carbonyl (C=O) groups excluding carboxylic acids is 2. The van der Waals surface area contributed by atoms with Crippen molar-refractivity contribution in [3.63, 3.8) is 0 Å². The number of fused-ring (bicyclic) bond motifs is 2. The molecule has 0 bridgehead atoms. The Bertz CT molecular complexity index is 1470. The number of aryl methyl sites for hydroxylation is 1. The lowest BCUT2D eigenvalue weighted by Crippen LogP contribution is -2.22. The van der Waals surface area contributed by atoms with Crippen molar-refractivity contribution < 1.29 is 14.0 Å². The molecule has 6 rings (SSSR count). The summed E-state index contributed by atoms with van der Waals surface area (Å²) in [6, 6.07) is 10.6. The van der Waals surface area contributed by atoms with E-state index in [1.165, 1.54) is 25.0 Å². The van der Waals surface area contributed by atoms with E-state index < -0.39 is 11.8 Å². The van der Waals surface area contributed by atoms with Crippen molar-refractivity contribution >= 4 is 50.5 Å². The van der Waals surface area contributed by atoms with Gasteiger partial charge in [0.1, 0.15) is 5.82 Å². The Hall–Kier alpha value is -3.87. The number of anilines is 1. The SMILES string of the molecule is Cn1cc(C2=C(c3c[nH]c4cc(N5CCCC5)ccc34)C(=O)NC2=O)c2ccc(F)cc21. The van der Waals surface area contributed by atoms with Gasteiger partial charge in [-0.1, -0.05) is 6.07 Å². The van der Waals surface area contributed by atoms with Crippen molar-refractivity contribution in [3.05, 3.63) is 65.7 Å². The summed E-state index contributed by atoms with van der Waals surface area (Å²) >= 11 is 0. The number of halogens is 1. The number of rotatable bonds is 3. The third kappa shape index (κ3) is 2.70. The summed E-state index contributed by atoms with van der Waals surface area (Å²) in [5, 5.41) is 4.06. The normalized spacial score (nSPS) is 16.8. The van der Waals surface area contributed by atoms with E-state index >= 15 is 0 Å². The van der Waals surface area contributed by atoms with E-state index in [1.807, 2.05) is 6.07 Å². The molecule has 32 heavy (non-hydrogen) atoms. The highest BCUT2D eigenvalue weighted by atomic mass is 19.1. The summed E-state index contributed by atoms with van der Waals surface area (Å²) in [6.07, 6.45) is 5.96. The molecule has 2 N–H and O–H groups in total. The molecule has 160 valence electrons. The van der Waals surface area contributed by atoms with Gasteiger partial charge < -0.3 is 14.5 Å². The van der Waals surface area contributed by atoms with Crippen LogP contribution >= 0.6 is 0 Å². The van der Waals surface area contributed by atoms with Gasteiger partial charge in [-0.3, -0.25) is 14.9 Å². The average Bonchev–Trinajstić information content (AvgIpc) is 3.54. The summed E-state index contributed by atoms with van der Waals surface area (Å²) in [7, 11) is 1.80. The predicted octanol–water partition coefficient (Wildman–Crippen LogP) is 3.97. The minimum Gasteiger partial charge on any atom is -0.371 e. The quantitative estimate of drug-likeness (QED) is 0.485. The molecule has 0 atom stereocenters. The maximum absolute atomic E-state index is 13.8. The van der Waals surface area contributed by atoms with Crippen molar-refractivity contribution in [2.24, 2.45) is 7.05 Å². The molecule has 0 aliphatic carbocycles. The van der Waals surface area contributed by atoms with Crippen molar-refractivity contribution in [2.75, 3.05) is 18.0 Å². The highest BCUT2D eigenvalue weighted by Gasteiger charge is 2.35. The zero-order valence-corrected chi connectivity index (χ0v) is 17.5. The zero-order valence-electron chi connectivity index (χ0n) is 17.5. The molecule has 6 nitrogen and oxygen atoms in total. The van der Waals surface area contributed by atoms with Crippen LogP contribution in [0, 0.1) is 5.82 Å². The van der Waals surface area contributed by atoms with Crippen LogP contribution in [0.5, 0.6) is 0 Å². The molecule has 2 aromatic heterocycles. The second-order valence-corrected chi connectivity index (χ2v) is 8.47. The number of hydrogen-bond acceptors (Lipinski definition) is 3. The van der Waals surface area contributed by atoms with Gasteiger partial charge >= 0.3 is 0 Å². The van der Waals surface area contributed by atoms with Crippen LogP contribution in [0.2, 0.25) is 0 Å². The first-order valence-corrected chi connectivity index (χ1v) is 10.7. The fourth-order valence-corrected chi connectivity index (χ4v) is 5.02. The van der Waals surface area contributed by atoms with E-state index in [0.29, 0.717) is 27.8 Å². The number of amides is 2. The number of aromatic nitrogens is 2. The van der Waals surface area contributed by atoms with E-state index in [1.54, 1.807) is 30.1 Å². The summed E-state index contributed by atoms with van der Waals surface area (Å²) in [6.45, 7) is 2.10. The zero-order chi connectivity index (χ0) is 22.0. The average molecular weight is 428 g/mol. The van der Waals surface area contributed by atoms with Crippen LogP contribution in [0.3, 0.4) is 0 Å². The van der Waals surface area contributed by atoms with Crippen LogP contribution in [-0.2, 0) is 16.6 Å². The molecule has 2 aliphatic heterocycles. The van der Waals surface area contributed by atoms with E-state index in [-0.39, 0.29) is 5.82 Å². The van der Waals surface area contributed by atoms with E-state index in [2.05, 4.69) is 27.3 Å². The molecule has 4 aromatic rings. The molecular formula is C25H21FN4O2. The van der Waals surface area contributed by atoms with Crippen LogP contribution < -0.4 is 10.2 Å². The van der Waals surface area contributed by atoms with Gasteiger partial charge in [0, 0.05) is 65.6 Å². The van der Waals surface area contributed by atoms with E-state index in [4.69, 9.17) is 0 Å². The Morgan fingerprint density at radius 2 is 1.62 bits per heavy atom. The molecule has 0 saturated carbocycles. The van der Waals surface area contributed by atoms with Gasteiger partial charge in [0.05, 0.1) is 16.7 Å². The van der Waals surface area contributed by atoms with Gasteiger partial charge in [-0.2, -0.15) is 0 Å². The number of hydrogen-bond donors (Lipinski definition) is 2. The van der Waals surface area contributed by atoms with Crippen LogP contribution in [-0.4, -0.2) is 34.5 Å². The first kappa shape index (κ1) is 18.9. The van der Waals surface area contributed by atoms with Crippen LogP contribution in [0.15, 0.2) is 48.8 Å². The molecule has 4 heterocycles. The molecule has 7 heteroatoms. The molecule has 2 aliphatic rings. The van der Waals surface area contributed by atoms with Gasteiger partial charge in [-0.15, -0.1) is 0 Å². The smallest absolute Gasteiger partial charge is 0.259 e. The molecular weight excluding hydrogens is 407 g/mol. The number of nitrogens with zero attached hydrogens (tertiary/aromatic N) is 2. The van der Waals surface area contributed by atoms with Gasteiger partial charge in [0.2, 0.25) is 0 Å².